The average Bonchev–Trinajstić information content (AvgIpc) is 2.46. The number of phenols is 1. The first-order valence-corrected chi connectivity index (χ1v) is 5.96. The van der Waals surface area contributed by atoms with Gasteiger partial charge in [-0.05, 0) is 35.9 Å². The fraction of sp³-hybridized carbons (Fsp3) is 0.0625. The molecular weight excluding hydrogens is 259 g/mol. The fourth-order valence-electron chi connectivity index (χ4n) is 1.72. The first-order valence-electron chi connectivity index (χ1n) is 5.96. The Hall–Kier alpha value is -2.62. The third-order valence-electron chi connectivity index (χ3n) is 2.77. The van der Waals surface area contributed by atoms with E-state index in [9.17, 15) is 14.3 Å². The highest BCUT2D eigenvalue weighted by molar-refractivity contribution is 6.08. The van der Waals surface area contributed by atoms with Gasteiger partial charge in [0.15, 0.2) is 17.3 Å². The van der Waals surface area contributed by atoms with Crippen molar-refractivity contribution in [1.82, 2.24) is 0 Å². The Balaban J connectivity index is 2.21. The molecule has 2 rings (SSSR count). The lowest BCUT2D eigenvalue weighted by Crippen LogP contribution is -1.94. The number of para-hydroxylation sites is 1. The van der Waals surface area contributed by atoms with Gasteiger partial charge in [0.2, 0.25) is 0 Å². The van der Waals surface area contributed by atoms with Crippen molar-refractivity contribution in [3.63, 3.8) is 0 Å². The van der Waals surface area contributed by atoms with Crippen LogP contribution < -0.4 is 4.74 Å². The number of carbonyl (C=O) groups excluding carboxylic acids is 1. The van der Waals surface area contributed by atoms with Crippen LogP contribution in [-0.4, -0.2) is 18.0 Å². The summed E-state index contributed by atoms with van der Waals surface area (Å²) in [6.07, 6.45) is 2.86. The minimum absolute atomic E-state index is 0.0705. The number of ether oxygens (including phenoxy) is 1. The number of halogens is 1. The van der Waals surface area contributed by atoms with Crippen LogP contribution in [0.25, 0.3) is 6.08 Å². The van der Waals surface area contributed by atoms with Gasteiger partial charge in [0, 0.05) is 0 Å². The first-order chi connectivity index (χ1) is 9.61. The Morgan fingerprint density at radius 2 is 2.00 bits per heavy atom. The Labute approximate surface area is 115 Å². The molecule has 102 valence electrons. The predicted octanol–water partition coefficient (Wildman–Crippen LogP) is 3.44. The maximum absolute atomic E-state index is 13.2. The molecule has 3 nitrogen and oxygen atoms in total. The predicted molar refractivity (Wildman–Crippen MR) is 74.4 cm³/mol. The van der Waals surface area contributed by atoms with E-state index in [0.29, 0.717) is 5.56 Å². The Morgan fingerprint density at radius 1 is 1.25 bits per heavy atom. The number of carbonyl (C=O) groups is 1. The van der Waals surface area contributed by atoms with Gasteiger partial charge in [-0.1, -0.05) is 24.3 Å². The summed E-state index contributed by atoms with van der Waals surface area (Å²) in [5.41, 5.74) is 0.852. The van der Waals surface area contributed by atoms with Crippen LogP contribution in [0.3, 0.4) is 0 Å². The lowest BCUT2D eigenvalue weighted by atomic mass is 10.1. The summed E-state index contributed by atoms with van der Waals surface area (Å²) in [5, 5.41) is 9.57. The largest absolute Gasteiger partial charge is 0.507 e. The quantitative estimate of drug-likeness (QED) is 0.685. The molecule has 0 saturated carbocycles. The number of phenolic OH excluding ortho intramolecular Hbond substituents is 1. The molecule has 0 aliphatic carbocycles. The SMILES string of the molecule is COc1cc(/C=C/C(=O)c2ccccc2O)ccc1F. The summed E-state index contributed by atoms with van der Waals surface area (Å²) in [5.74, 6) is -0.746. The van der Waals surface area contributed by atoms with Crippen molar-refractivity contribution >= 4 is 11.9 Å². The molecule has 0 heterocycles. The van der Waals surface area contributed by atoms with Crippen molar-refractivity contribution in [3.05, 3.63) is 65.5 Å². The number of methoxy groups -OCH3 is 1. The van der Waals surface area contributed by atoms with Crippen molar-refractivity contribution in [2.45, 2.75) is 0 Å². The topological polar surface area (TPSA) is 46.5 Å². The normalized spacial score (nSPS) is 10.7. The van der Waals surface area contributed by atoms with Gasteiger partial charge in [-0.15, -0.1) is 0 Å². The van der Waals surface area contributed by atoms with Crippen molar-refractivity contribution in [1.29, 1.82) is 0 Å². The molecule has 20 heavy (non-hydrogen) atoms. The summed E-state index contributed by atoms with van der Waals surface area (Å²) in [4.78, 5) is 11.9. The van der Waals surface area contributed by atoms with E-state index in [1.807, 2.05) is 0 Å². The van der Waals surface area contributed by atoms with Crippen LogP contribution in [0.1, 0.15) is 15.9 Å². The lowest BCUT2D eigenvalue weighted by Gasteiger charge is -2.02. The zero-order valence-corrected chi connectivity index (χ0v) is 10.8. The molecule has 0 fully saturated rings. The molecule has 1 N–H and O–H groups in total. The minimum Gasteiger partial charge on any atom is -0.507 e. The molecule has 0 aliphatic heterocycles. The monoisotopic (exact) mass is 272 g/mol. The smallest absolute Gasteiger partial charge is 0.189 e. The lowest BCUT2D eigenvalue weighted by molar-refractivity contribution is 0.104. The van der Waals surface area contributed by atoms with Crippen LogP contribution >= 0.6 is 0 Å². The van der Waals surface area contributed by atoms with E-state index >= 15 is 0 Å². The molecule has 0 spiro atoms. The number of ketones is 1. The number of aromatic hydroxyl groups is 1. The van der Waals surface area contributed by atoms with Crippen molar-refractivity contribution in [2.24, 2.45) is 0 Å². The second-order valence-corrected chi connectivity index (χ2v) is 4.11. The van der Waals surface area contributed by atoms with Crippen LogP contribution in [0.5, 0.6) is 11.5 Å². The van der Waals surface area contributed by atoms with E-state index in [2.05, 4.69) is 0 Å². The number of benzene rings is 2. The molecule has 0 amide bonds. The van der Waals surface area contributed by atoms with Crippen molar-refractivity contribution in [3.8, 4) is 11.5 Å². The second kappa shape index (κ2) is 6.02. The van der Waals surface area contributed by atoms with E-state index in [-0.39, 0.29) is 22.8 Å². The molecule has 2 aromatic rings. The van der Waals surface area contributed by atoms with Gasteiger partial charge in [-0.25, -0.2) is 4.39 Å². The number of hydrogen-bond donors (Lipinski definition) is 1. The van der Waals surface area contributed by atoms with E-state index in [4.69, 9.17) is 4.74 Å². The third-order valence-corrected chi connectivity index (χ3v) is 2.77. The van der Waals surface area contributed by atoms with Crippen molar-refractivity contribution in [2.75, 3.05) is 7.11 Å². The number of hydrogen-bond acceptors (Lipinski definition) is 3. The zero-order valence-electron chi connectivity index (χ0n) is 10.8. The van der Waals surface area contributed by atoms with Gasteiger partial charge < -0.3 is 9.84 Å². The molecule has 0 atom stereocenters. The fourth-order valence-corrected chi connectivity index (χ4v) is 1.72. The van der Waals surface area contributed by atoms with E-state index in [1.165, 1.54) is 49.6 Å². The maximum atomic E-state index is 13.2. The maximum Gasteiger partial charge on any atom is 0.189 e. The summed E-state index contributed by atoms with van der Waals surface area (Å²) in [6, 6.07) is 10.6. The summed E-state index contributed by atoms with van der Waals surface area (Å²) in [6.45, 7) is 0. The standard InChI is InChI=1S/C16H13FO3/c1-20-16-10-11(6-8-13(16)17)7-9-15(19)12-4-2-3-5-14(12)18/h2-10,18H,1H3/b9-7+. The van der Waals surface area contributed by atoms with Gasteiger partial charge in [-0.3, -0.25) is 4.79 Å². The van der Waals surface area contributed by atoms with E-state index in [0.717, 1.165) is 0 Å². The molecule has 0 bridgehead atoms. The second-order valence-electron chi connectivity index (χ2n) is 4.11. The molecule has 0 aromatic heterocycles. The van der Waals surface area contributed by atoms with Crippen molar-refractivity contribution < 1.29 is 19.0 Å². The Bertz CT molecular complexity index is 663. The average molecular weight is 272 g/mol. The molecule has 0 aliphatic rings. The molecular formula is C16H13FO3. The van der Waals surface area contributed by atoms with E-state index in [1.54, 1.807) is 12.1 Å². The third kappa shape index (κ3) is 3.03. The van der Waals surface area contributed by atoms with Gasteiger partial charge in [-0.2, -0.15) is 0 Å². The van der Waals surface area contributed by atoms with Gasteiger partial charge in [0.25, 0.3) is 0 Å². The van der Waals surface area contributed by atoms with Gasteiger partial charge in [0.05, 0.1) is 12.7 Å². The highest BCUT2D eigenvalue weighted by Crippen LogP contribution is 2.20. The van der Waals surface area contributed by atoms with Crippen LogP contribution in [0.4, 0.5) is 4.39 Å². The zero-order chi connectivity index (χ0) is 14.5. The first kappa shape index (κ1) is 13.8. The number of rotatable bonds is 4. The highest BCUT2D eigenvalue weighted by atomic mass is 19.1. The molecule has 2 aromatic carbocycles. The van der Waals surface area contributed by atoms with Crippen LogP contribution in [0.2, 0.25) is 0 Å². The Kier molecular flexibility index (Phi) is 4.15. The van der Waals surface area contributed by atoms with Gasteiger partial charge in [0.1, 0.15) is 5.75 Å². The summed E-state index contributed by atoms with van der Waals surface area (Å²) < 4.78 is 18.1. The minimum atomic E-state index is -0.461. The molecule has 4 heteroatoms. The summed E-state index contributed by atoms with van der Waals surface area (Å²) in [7, 11) is 1.37. The number of allylic oxidation sites excluding steroid dienone is 1. The van der Waals surface area contributed by atoms with Crippen LogP contribution in [0.15, 0.2) is 48.5 Å². The molecule has 0 unspecified atom stereocenters. The summed E-state index contributed by atoms with van der Waals surface area (Å²) >= 11 is 0. The molecule has 0 saturated heterocycles. The van der Waals surface area contributed by atoms with Gasteiger partial charge >= 0.3 is 0 Å². The van der Waals surface area contributed by atoms with Crippen LogP contribution in [-0.2, 0) is 0 Å². The van der Waals surface area contributed by atoms with E-state index < -0.39 is 5.82 Å². The molecule has 0 radical (unpaired) electrons. The Morgan fingerprint density at radius 3 is 2.70 bits per heavy atom. The van der Waals surface area contributed by atoms with Crippen LogP contribution in [0, 0.1) is 5.82 Å². The highest BCUT2D eigenvalue weighted by Gasteiger charge is 2.07.